The highest BCUT2D eigenvalue weighted by molar-refractivity contribution is 6.14. The Morgan fingerprint density at radius 3 is 1.95 bits per heavy atom. The average Bonchev–Trinajstić information content (AvgIpc) is 3.80. The molecule has 1 saturated carbocycles. The van der Waals surface area contributed by atoms with Crippen LogP contribution in [0.25, 0.3) is 71.6 Å². The fraction of sp³-hybridized carbons (Fsp3) is 0.148. The molecule has 304 valence electrons. The first-order chi connectivity index (χ1) is 31.0. The zero-order valence-corrected chi connectivity index (χ0v) is 36.1. The van der Waals surface area contributed by atoms with E-state index in [4.69, 9.17) is 0 Å². The van der Waals surface area contributed by atoms with Gasteiger partial charge in [-0.25, -0.2) is 0 Å². The summed E-state index contributed by atoms with van der Waals surface area (Å²) < 4.78 is 2.44. The molecule has 0 saturated heterocycles. The van der Waals surface area contributed by atoms with Crippen molar-refractivity contribution in [3.05, 3.63) is 217 Å². The Labute approximate surface area is 370 Å². The number of aromatic nitrogens is 1. The largest absolute Gasteiger partial charge is 0.310 e. The second-order valence-corrected chi connectivity index (χ2v) is 18.3. The van der Waals surface area contributed by atoms with Crippen molar-refractivity contribution in [2.75, 3.05) is 4.90 Å². The van der Waals surface area contributed by atoms with Crippen molar-refractivity contribution in [3.8, 4) is 39.1 Å². The third kappa shape index (κ3) is 6.07. The molecule has 0 unspecified atom stereocenters. The quantitative estimate of drug-likeness (QED) is 0.156. The Balaban J connectivity index is 1.06. The van der Waals surface area contributed by atoms with Crippen LogP contribution in [0.4, 0.5) is 17.1 Å². The van der Waals surface area contributed by atoms with E-state index in [-0.39, 0.29) is 5.41 Å². The molecule has 2 aliphatic rings. The van der Waals surface area contributed by atoms with Crippen LogP contribution in [0.3, 0.4) is 0 Å². The minimum atomic E-state index is -0.128. The molecule has 1 heterocycles. The highest BCUT2D eigenvalue weighted by atomic mass is 15.1. The van der Waals surface area contributed by atoms with Gasteiger partial charge >= 0.3 is 0 Å². The Hall–Kier alpha value is -7.16. The van der Waals surface area contributed by atoms with Crippen molar-refractivity contribution in [3.63, 3.8) is 0 Å². The fourth-order valence-electron chi connectivity index (χ4n) is 11.4. The predicted octanol–water partition coefficient (Wildman–Crippen LogP) is 17.1. The Morgan fingerprint density at radius 2 is 1.11 bits per heavy atom. The van der Waals surface area contributed by atoms with Crippen LogP contribution >= 0.6 is 0 Å². The highest BCUT2D eigenvalue weighted by Gasteiger charge is 2.36. The van der Waals surface area contributed by atoms with E-state index in [1.807, 2.05) is 0 Å². The van der Waals surface area contributed by atoms with Crippen molar-refractivity contribution in [1.82, 2.24) is 4.57 Å². The van der Waals surface area contributed by atoms with Gasteiger partial charge in [-0.1, -0.05) is 185 Å². The van der Waals surface area contributed by atoms with Gasteiger partial charge in [0.2, 0.25) is 0 Å². The van der Waals surface area contributed by atoms with Crippen LogP contribution in [0.5, 0.6) is 0 Å². The molecule has 2 nitrogen and oxygen atoms in total. The van der Waals surface area contributed by atoms with Crippen LogP contribution in [-0.2, 0) is 5.41 Å². The number of nitrogens with zero attached hydrogens (tertiary/aromatic N) is 2. The van der Waals surface area contributed by atoms with Gasteiger partial charge in [0.1, 0.15) is 0 Å². The number of hydrogen-bond donors (Lipinski definition) is 0. The number of benzene rings is 9. The summed E-state index contributed by atoms with van der Waals surface area (Å²) in [4.78, 5) is 2.52. The molecule has 2 aliphatic carbocycles. The smallest absolute Gasteiger partial charge is 0.0619 e. The van der Waals surface area contributed by atoms with E-state index >= 15 is 0 Å². The van der Waals surface area contributed by atoms with Gasteiger partial charge in [0.05, 0.1) is 16.7 Å². The lowest BCUT2D eigenvalue weighted by atomic mass is 9.80. The molecule has 2 heteroatoms. The topological polar surface area (TPSA) is 8.17 Å². The van der Waals surface area contributed by atoms with Gasteiger partial charge in [-0.2, -0.15) is 0 Å². The lowest BCUT2D eigenvalue weighted by Crippen LogP contribution is -2.17. The van der Waals surface area contributed by atoms with E-state index in [1.165, 1.54) is 120 Å². The molecule has 0 atom stereocenters. The lowest BCUT2D eigenvalue weighted by Gasteiger charge is -2.30. The Morgan fingerprint density at radius 1 is 0.476 bits per heavy atom. The lowest BCUT2D eigenvalue weighted by molar-refractivity contribution is 0.445. The molecule has 10 aromatic rings. The summed E-state index contributed by atoms with van der Waals surface area (Å²) in [6.07, 6.45) is 6.50. The summed E-state index contributed by atoms with van der Waals surface area (Å²) in [5.41, 5.74) is 18.8. The highest BCUT2D eigenvalue weighted by Crippen LogP contribution is 2.52. The molecule has 1 aromatic heterocycles. The molecule has 63 heavy (non-hydrogen) atoms. The summed E-state index contributed by atoms with van der Waals surface area (Å²) in [6, 6.07) is 74.9. The van der Waals surface area contributed by atoms with Crippen molar-refractivity contribution in [1.29, 1.82) is 0 Å². The first-order valence-electron chi connectivity index (χ1n) is 22.9. The first-order valence-corrected chi connectivity index (χ1v) is 22.9. The van der Waals surface area contributed by atoms with Crippen LogP contribution in [-0.4, -0.2) is 4.57 Å². The van der Waals surface area contributed by atoms with Crippen molar-refractivity contribution < 1.29 is 0 Å². The van der Waals surface area contributed by atoms with Crippen LogP contribution in [0.15, 0.2) is 200 Å². The summed E-state index contributed by atoms with van der Waals surface area (Å²) >= 11 is 0. The van der Waals surface area contributed by atoms with Gasteiger partial charge < -0.3 is 9.47 Å². The Kier molecular flexibility index (Phi) is 8.97. The number of para-hydroxylation sites is 4. The zero-order chi connectivity index (χ0) is 42.1. The van der Waals surface area contributed by atoms with Crippen molar-refractivity contribution in [2.24, 2.45) is 0 Å². The van der Waals surface area contributed by atoms with E-state index in [0.717, 1.165) is 17.1 Å². The molecule has 0 N–H and O–H groups in total. The summed E-state index contributed by atoms with van der Waals surface area (Å²) in [5.74, 6) is 0.588. The molecule has 1 fully saturated rings. The second kappa shape index (κ2) is 15.0. The molecule has 9 aromatic carbocycles. The van der Waals surface area contributed by atoms with E-state index in [2.05, 4.69) is 224 Å². The van der Waals surface area contributed by atoms with Gasteiger partial charge in [-0.3, -0.25) is 0 Å². The SMILES string of the molecule is CC1(C)c2ccccc2-c2ccc(N(c3ccc(-c4cccc5c6ccccc6n(-c6ccccc6)c45)cc3)c3ccccc3-c3cccc4cccc(C5CCCCC5)c34)cc21. The summed E-state index contributed by atoms with van der Waals surface area (Å²) in [7, 11) is 0. The molecule has 12 rings (SSSR count). The summed E-state index contributed by atoms with van der Waals surface area (Å²) in [6.45, 7) is 4.76. The maximum absolute atomic E-state index is 2.52. The van der Waals surface area contributed by atoms with Crippen molar-refractivity contribution >= 4 is 49.6 Å². The molecule has 0 spiro atoms. The molecule has 0 radical (unpaired) electrons. The van der Waals surface area contributed by atoms with Gasteiger partial charge in [-0.05, 0) is 117 Å². The van der Waals surface area contributed by atoms with Gasteiger partial charge in [0, 0.05) is 44.4 Å². The zero-order valence-electron chi connectivity index (χ0n) is 36.1. The normalized spacial score (nSPS) is 14.6. The second-order valence-electron chi connectivity index (χ2n) is 18.3. The van der Waals surface area contributed by atoms with E-state index in [0.29, 0.717) is 5.92 Å². The van der Waals surface area contributed by atoms with E-state index in [1.54, 1.807) is 0 Å². The molecule has 0 aliphatic heterocycles. The maximum atomic E-state index is 2.52. The first kappa shape index (κ1) is 37.6. The fourth-order valence-corrected chi connectivity index (χ4v) is 11.4. The third-order valence-electron chi connectivity index (χ3n) is 14.4. The van der Waals surface area contributed by atoms with Gasteiger partial charge in [-0.15, -0.1) is 0 Å². The van der Waals surface area contributed by atoms with Crippen molar-refractivity contribution in [2.45, 2.75) is 57.3 Å². The monoisotopic (exact) mass is 810 g/mol. The van der Waals surface area contributed by atoms with E-state index < -0.39 is 0 Å². The standard InChI is InChI=1S/C61H50N2/c1-61(2)55-31-12-9-24-49(55)50-39-38-46(40-56(50)61)62(57-32-13-10-25-51(57)53-29-16-21-43-20-15-27-47(59(43)53)41-18-5-3-6-19-41)45-36-34-42(35-37-45)48-28-17-30-54-52-26-11-14-33-58(52)63(60(48)54)44-22-7-4-8-23-44/h4,7-17,20-41H,3,5-6,18-19H2,1-2H3. The third-order valence-corrected chi connectivity index (χ3v) is 14.4. The van der Waals surface area contributed by atoms with Crippen LogP contribution in [0, 0.1) is 0 Å². The molecular formula is C61H50N2. The Bertz CT molecular complexity index is 3340. The van der Waals surface area contributed by atoms with Gasteiger partial charge in [0.25, 0.3) is 0 Å². The number of fused-ring (bicyclic) bond motifs is 7. The van der Waals surface area contributed by atoms with Crippen LogP contribution in [0.1, 0.15) is 68.6 Å². The minimum absolute atomic E-state index is 0.128. The van der Waals surface area contributed by atoms with Crippen LogP contribution < -0.4 is 4.90 Å². The van der Waals surface area contributed by atoms with E-state index in [9.17, 15) is 0 Å². The van der Waals surface area contributed by atoms with Crippen LogP contribution in [0.2, 0.25) is 0 Å². The predicted molar refractivity (Wildman–Crippen MR) is 267 cm³/mol. The molecule has 0 amide bonds. The number of hydrogen-bond acceptors (Lipinski definition) is 1. The summed E-state index contributed by atoms with van der Waals surface area (Å²) in [5, 5.41) is 5.25. The number of anilines is 3. The van der Waals surface area contributed by atoms with Gasteiger partial charge in [0.15, 0.2) is 0 Å². The molecular weight excluding hydrogens is 761 g/mol. The number of rotatable bonds is 7. The maximum Gasteiger partial charge on any atom is 0.0619 e. The average molecular weight is 811 g/mol. The minimum Gasteiger partial charge on any atom is -0.310 e. The molecule has 0 bridgehead atoms.